The molecule has 0 heterocycles. The summed E-state index contributed by atoms with van der Waals surface area (Å²) >= 11 is 0. The molecule has 3 aromatic rings. The minimum atomic E-state index is 0.0676. The Kier molecular flexibility index (Phi) is 7.40. The SMILES string of the molecule is CC(C)(C)c1cc(C(C)(C)C)c(PC(=Cc2ccccc2)c2ccccc2)c(C(C)(C)C)c1. The van der Waals surface area contributed by atoms with Gasteiger partial charge in [0.25, 0.3) is 0 Å². The van der Waals surface area contributed by atoms with E-state index in [4.69, 9.17) is 0 Å². The lowest BCUT2D eigenvalue weighted by atomic mass is 9.75. The first kappa shape index (κ1) is 25.5. The standard InChI is InChI=1S/C32H41P/c1-30(2,3)25-21-26(31(4,5)6)29(27(22-25)32(7,8)9)33-28(24-18-14-11-15-19-24)20-23-16-12-10-13-17-23/h10-22,33H,1-9H3. The van der Waals surface area contributed by atoms with E-state index in [-0.39, 0.29) is 16.2 Å². The molecule has 33 heavy (non-hydrogen) atoms. The van der Waals surface area contributed by atoms with Crippen molar-refractivity contribution in [1.29, 1.82) is 0 Å². The van der Waals surface area contributed by atoms with Gasteiger partial charge in [-0.2, -0.15) is 0 Å². The van der Waals surface area contributed by atoms with Crippen LogP contribution >= 0.6 is 8.58 Å². The highest BCUT2D eigenvalue weighted by Gasteiger charge is 2.29. The summed E-state index contributed by atoms with van der Waals surface area (Å²) < 4.78 is 0. The molecule has 0 aliphatic carbocycles. The number of hydrogen-bond acceptors (Lipinski definition) is 0. The lowest BCUT2D eigenvalue weighted by Gasteiger charge is -2.34. The van der Waals surface area contributed by atoms with Crippen molar-refractivity contribution in [2.24, 2.45) is 0 Å². The van der Waals surface area contributed by atoms with Crippen molar-refractivity contribution < 1.29 is 0 Å². The molecule has 0 saturated heterocycles. The molecule has 0 amide bonds. The summed E-state index contributed by atoms with van der Waals surface area (Å²) in [7, 11) is 0.584. The summed E-state index contributed by atoms with van der Waals surface area (Å²) in [4.78, 5) is 0. The van der Waals surface area contributed by atoms with E-state index < -0.39 is 0 Å². The van der Waals surface area contributed by atoms with Crippen LogP contribution in [0.2, 0.25) is 0 Å². The van der Waals surface area contributed by atoms with Gasteiger partial charge in [-0.1, -0.05) is 144 Å². The molecule has 0 N–H and O–H groups in total. The van der Waals surface area contributed by atoms with E-state index in [1.54, 1.807) is 0 Å². The molecular formula is C32H41P. The molecule has 0 fully saturated rings. The van der Waals surface area contributed by atoms with Crippen LogP contribution in [0.25, 0.3) is 11.4 Å². The third-order valence-corrected chi connectivity index (χ3v) is 7.57. The van der Waals surface area contributed by atoms with Gasteiger partial charge in [0.1, 0.15) is 0 Å². The van der Waals surface area contributed by atoms with Gasteiger partial charge in [0.05, 0.1) is 0 Å². The largest absolute Gasteiger partial charge is 0.0622 e. The smallest absolute Gasteiger partial charge is 0.0125 e. The maximum absolute atomic E-state index is 2.49. The van der Waals surface area contributed by atoms with Gasteiger partial charge in [-0.3, -0.25) is 0 Å². The van der Waals surface area contributed by atoms with E-state index in [0.717, 1.165) is 0 Å². The molecule has 0 saturated carbocycles. The summed E-state index contributed by atoms with van der Waals surface area (Å²) in [5.74, 6) is 0. The zero-order valence-electron chi connectivity index (χ0n) is 22.0. The maximum atomic E-state index is 2.49. The third-order valence-electron chi connectivity index (χ3n) is 6.08. The minimum Gasteiger partial charge on any atom is -0.0622 e. The van der Waals surface area contributed by atoms with Gasteiger partial charge in [-0.15, -0.1) is 0 Å². The Balaban J connectivity index is 2.29. The first-order chi connectivity index (χ1) is 15.3. The molecule has 3 aromatic carbocycles. The van der Waals surface area contributed by atoms with Crippen LogP contribution in [0.5, 0.6) is 0 Å². The van der Waals surface area contributed by atoms with Crippen LogP contribution in [0.15, 0.2) is 72.8 Å². The first-order valence-electron chi connectivity index (χ1n) is 12.1. The summed E-state index contributed by atoms with van der Waals surface area (Å²) in [6.07, 6.45) is 2.38. The predicted molar refractivity (Wildman–Crippen MR) is 151 cm³/mol. The third kappa shape index (κ3) is 6.45. The van der Waals surface area contributed by atoms with Gasteiger partial charge < -0.3 is 0 Å². The molecule has 0 aliphatic heterocycles. The summed E-state index contributed by atoms with van der Waals surface area (Å²) in [5.41, 5.74) is 7.20. The molecule has 0 bridgehead atoms. The van der Waals surface area contributed by atoms with Crippen molar-refractivity contribution in [3.63, 3.8) is 0 Å². The van der Waals surface area contributed by atoms with Crippen LogP contribution in [-0.2, 0) is 16.2 Å². The van der Waals surface area contributed by atoms with Crippen LogP contribution in [-0.4, -0.2) is 0 Å². The topological polar surface area (TPSA) is 0 Å². The molecule has 0 spiro atoms. The lowest BCUT2D eigenvalue weighted by Crippen LogP contribution is -2.30. The van der Waals surface area contributed by atoms with Crippen LogP contribution in [0.1, 0.15) is 90.1 Å². The monoisotopic (exact) mass is 456 g/mol. The highest BCUT2D eigenvalue weighted by Crippen LogP contribution is 2.42. The van der Waals surface area contributed by atoms with E-state index in [9.17, 15) is 0 Å². The minimum absolute atomic E-state index is 0.0676. The second kappa shape index (κ2) is 9.60. The van der Waals surface area contributed by atoms with E-state index in [1.165, 1.54) is 38.4 Å². The Hall–Kier alpha value is -2.17. The molecule has 1 heteroatoms. The van der Waals surface area contributed by atoms with E-state index in [0.29, 0.717) is 8.58 Å². The van der Waals surface area contributed by atoms with Crippen LogP contribution in [0.4, 0.5) is 0 Å². The fourth-order valence-electron chi connectivity index (χ4n) is 4.05. The first-order valence-corrected chi connectivity index (χ1v) is 13.1. The Morgan fingerprint density at radius 3 is 1.48 bits per heavy atom. The molecule has 174 valence electrons. The number of hydrogen-bond donors (Lipinski definition) is 0. The molecule has 1 unspecified atom stereocenters. The van der Waals surface area contributed by atoms with Crippen molar-refractivity contribution in [3.8, 4) is 0 Å². The van der Waals surface area contributed by atoms with Crippen molar-refractivity contribution >= 4 is 25.3 Å². The number of rotatable bonds is 4. The molecule has 1 atom stereocenters. The average molecular weight is 457 g/mol. The van der Waals surface area contributed by atoms with Gasteiger partial charge in [-0.25, -0.2) is 0 Å². The van der Waals surface area contributed by atoms with Crippen LogP contribution < -0.4 is 5.30 Å². The van der Waals surface area contributed by atoms with Crippen molar-refractivity contribution in [3.05, 3.63) is 101 Å². The van der Waals surface area contributed by atoms with E-state index >= 15 is 0 Å². The molecule has 3 rings (SSSR count). The molecular weight excluding hydrogens is 415 g/mol. The van der Waals surface area contributed by atoms with Crippen LogP contribution in [0.3, 0.4) is 0 Å². The molecule has 0 nitrogen and oxygen atoms in total. The zero-order chi connectivity index (χ0) is 24.4. The normalized spacial score (nSPS) is 13.7. The number of benzene rings is 3. The van der Waals surface area contributed by atoms with Crippen molar-refractivity contribution in [2.45, 2.75) is 78.6 Å². The second-order valence-electron chi connectivity index (χ2n) is 12.2. The molecule has 0 radical (unpaired) electrons. The van der Waals surface area contributed by atoms with Gasteiger partial charge in [-0.05, 0) is 60.8 Å². The fraction of sp³-hybridized carbons (Fsp3) is 0.375. The fourth-order valence-corrected chi connectivity index (χ4v) is 6.04. The Labute approximate surface area is 204 Å². The van der Waals surface area contributed by atoms with Crippen molar-refractivity contribution in [2.75, 3.05) is 0 Å². The lowest BCUT2D eigenvalue weighted by molar-refractivity contribution is 0.554. The van der Waals surface area contributed by atoms with Crippen molar-refractivity contribution in [1.82, 2.24) is 0 Å². The summed E-state index contributed by atoms with van der Waals surface area (Å²) in [6.45, 7) is 21.1. The van der Waals surface area contributed by atoms with Gasteiger partial charge in [0.2, 0.25) is 0 Å². The average Bonchev–Trinajstić information content (AvgIpc) is 2.72. The summed E-state index contributed by atoms with van der Waals surface area (Å²) in [5, 5.41) is 2.90. The highest BCUT2D eigenvalue weighted by atomic mass is 31.1. The highest BCUT2D eigenvalue weighted by molar-refractivity contribution is 7.59. The van der Waals surface area contributed by atoms with Gasteiger partial charge in [0, 0.05) is 0 Å². The van der Waals surface area contributed by atoms with Gasteiger partial charge in [0.15, 0.2) is 0 Å². The van der Waals surface area contributed by atoms with Crippen LogP contribution in [0, 0.1) is 0 Å². The molecule has 0 aromatic heterocycles. The Bertz CT molecular complexity index is 1060. The quantitative estimate of drug-likeness (QED) is 0.271. The predicted octanol–water partition coefficient (Wildman–Crippen LogP) is 9.08. The van der Waals surface area contributed by atoms with Gasteiger partial charge >= 0.3 is 0 Å². The van der Waals surface area contributed by atoms with E-state index in [2.05, 4.69) is 141 Å². The van der Waals surface area contributed by atoms with E-state index in [1.807, 2.05) is 0 Å². The summed E-state index contributed by atoms with van der Waals surface area (Å²) in [6, 6.07) is 26.6. The zero-order valence-corrected chi connectivity index (χ0v) is 23.0. The Morgan fingerprint density at radius 1 is 0.606 bits per heavy atom. The second-order valence-corrected chi connectivity index (χ2v) is 13.4. The maximum Gasteiger partial charge on any atom is -0.0125 e. The molecule has 0 aliphatic rings. The Morgan fingerprint density at radius 2 is 1.06 bits per heavy atom.